The van der Waals surface area contributed by atoms with Gasteiger partial charge in [-0.15, -0.1) is 11.3 Å². The van der Waals surface area contributed by atoms with Gasteiger partial charge >= 0.3 is 0 Å². The summed E-state index contributed by atoms with van der Waals surface area (Å²) in [6, 6.07) is 11.2. The van der Waals surface area contributed by atoms with Gasteiger partial charge in [0.05, 0.1) is 17.8 Å². The highest BCUT2D eigenvalue weighted by molar-refractivity contribution is 7.13. The van der Waals surface area contributed by atoms with Gasteiger partial charge < -0.3 is 21.5 Å². The number of amides is 1. The lowest BCUT2D eigenvalue weighted by atomic mass is 10.1. The van der Waals surface area contributed by atoms with Crippen molar-refractivity contribution in [2.75, 3.05) is 24.1 Å². The molecular formula is C19H22N6O2S. The van der Waals surface area contributed by atoms with Gasteiger partial charge in [-0.25, -0.2) is 4.98 Å². The number of thiazole rings is 1. The lowest BCUT2D eigenvalue weighted by molar-refractivity contribution is -0.115. The fraction of sp³-hybridized carbons (Fsp3) is 0.263. The summed E-state index contributed by atoms with van der Waals surface area (Å²) in [4.78, 5) is 16.1. The van der Waals surface area contributed by atoms with Gasteiger partial charge in [0.1, 0.15) is 6.10 Å². The predicted molar refractivity (Wildman–Crippen MR) is 109 cm³/mol. The third kappa shape index (κ3) is 6.08. The summed E-state index contributed by atoms with van der Waals surface area (Å²) in [5.41, 5.74) is 8.66. The normalized spacial score (nSPS) is 11.9. The highest BCUT2D eigenvalue weighted by atomic mass is 32.1. The Kier molecular flexibility index (Phi) is 7.01. The number of hydrogen-bond donors (Lipinski definition) is 4. The van der Waals surface area contributed by atoms with Crippen LogP contribution in [0.5, 0.6) is 0 Å². The van der Waals surface area contributed by atoms with Crippen molar-refractivity contribution in [3.8, 4) is 0 Å². The number of benzene rings is 1. The average molecular weight is 398 g/mol. The monoisotopic (exact) mass is 398 g/mol. The first-order valence-corrected chi connectivity index (χ1v) is 9.73. The molecule has 8 nitrogen and oxygen atoms in total. The minimum Gasteiger partial charge on any atom is -0.385 e. The Bertz CT molecular complexity index is 885. The number of carbonyl (C=O) groups excluding carboxylic acids is 1. The van der Waals surface area contributed by atoms with Gasteiger partial charge in [-0.2, -0.15) is 10.2 Å². The molecule has 0 fully saturated rings. The molecule has 0 aliphatic carbocycles. The molecule has 0 unspecified atom stereocenters. The van der Waals surface area contributed by atoms with Crippen LogP contribution < -0.4 is 16.4 Å². The Hall–Kier alpha value is -2.88. The van der Waals surface area contributed by atoms with E-state index in [0.29, 0.717) is 29.6 Å². The maximum absolute atomic E-state index is 12.0. The molecule has 2 aromatic heterocycles. The molecule has 0 aliphatic rings. The van der Waals surface area contributed by atoms with Gasteiger partial charge in [-0.3, -0.25) is 4.79 Å². The number of nitrogen functional groups attached to an aromatic ring is 1. The molecule has 5 N–H and O–H groups in total. The van der Waals surface area contributed by atoms with Crippen LogP contribution in [-0.2, 0) is 17.6 Å². The van der Waals surface area contributed by atoms with E-state index in [1.807, 2.05) is 24.3 Å². The van der Waals surface area contributed by atoms with Crippen molar-refractivity contribution in [3.63, 3.8) is 0 Å². The minimum absolute atomic E-state index is 0.127. The fourth-order valence-corrected chi connectivity index (χ4v) is 3.16. The molecule has 0 bridgehead atoms. The zero-order chi connectivity index (χ0) is 19.8. The number of nitrogens with zero attached hydrogens (tertiary/aromatic N) is 3. The molecule has 28 heavy (non-hydrogen) atoms. The largest absolute Gasteiger partial charge is 0.385 e. The number of carbonyl (C=O) groups is 1. The van der Waals surface area contributed by atoms with Crippen LogP contribution in [0.1, 0.15) is 23.1 Å². The quantitative estimate of drug-likeness (QED) is 0.403. The molecule has 2 heterocycles. The second-order valence-corrected chi connectivity index (χ2v) is 7.11. The topological polar surface area (TPSA) is 126 Å². The first kappa shape index (κ1) is 19.9. The number of nitrogens with one attached hydrogen (secondary N) is 2. The Morgan fingerprint density at radius 1 is 1.25 bits per heavy atom. The second-order valence-electron chi connectivity index (χ2n) is 6.22. The van der Waals surface area contributed by atoms with Crippen molar-refractivity contribution in [1.29, 1.82) is 0 Å². The predicted octanol–water partition coefficient (Wildman–Crippen LogP) is 1.56. The van der Waals surface area contributed by atoms with E-state index in [0.717, 1.165) is 17.7 Å². The van der Waals surface area contributed by atoms with Crippen molar-refractivity contribution in [2.24, 2.45) is 0 Å². The van der Waals surface area contributed by atoms with Gasteiger partial charge in [-0.1, -0.05) is 12.1 Å². The molecule has 1 atom stereocenters. The first-order valence-electron chi connectivity index (χ1n) is 8.85. The van der Waals surface area contributed by atoms with E-state index in [9.17, 15) is 9.90 Å². The van der Waals surface area contributed by atoms with Gasteiger partial charge in [-0.05, 0) is 42.8 Å². The smallest absolute Gasteiger partial charge is 0.230 e. The molecule has 146 valence electrons. The summed E-state index contributed by atoms with van der Waals surface area (Å²) in [6.45, 7) is 1.13. The number of hydrogen-bond acceptors (Lipinski definition) is 8. The zero-order valence-electron chi connectivity index (χ0n) is 15.2. The molecule has 0 saturated carbocycles. The maximum atomic E-state index is 12.0. The number of aromatic nitrogens is 3. The molecule has 1 amide bonds. The van der Waals surface area contributed by atoms with Crippen molar-refractivity contribution in [3.05, 3.63) is 64.9 Å². The minimum atomic E-state index is -0.681. The molecule has 0 aliphatic heterocycles. The van der Waals surface area contributed by atoms with Crippen molar-refractivity contribution in [1.82, 2.24) is 20.5 Å². The van der Waals surface area contributed by atoms with Crippen LogP contribution in [0.2, 0.25) is 0 Å². The first-order chi connectivity index (χ1) is 13.6. The second kappa shape index (κ2) is 9.88. The molecule has 9 heteroatoms. The summed E-state index contributed by atoms with van der Waals surface area (Å²) in [5.74, 6) is -0.127. The molecular weight excluding hydrogens is 376 g/mol. The summed E-state index contributed by atoms with van der Waals surface area (Å²) in [7, 11) is 0. The summed E-state index contributed by atoms with van der Waals surface area (Å²) >= 11 is 1.32. The Balaban J connectivity index is 1.38. The number of nitrogens with two attached hydrogens (primary N) is 1. The van der Waals surface area contributed by atoms with Crippen LogP contribution >= 0.6 is 11.3 Å². The Labute approximate surface area is 166 Å². The molecule has 0 radical (unpaired) electrons. The molecule has 3 aromatic rings. The van der Waals surface area contributed by atoms with E-state index >= 15 is 0 Å². The lowest BCUT2D eigenvalue weighted by Gasteiger charge is -2.11. The highest BCUT2D eigenvalue weighted by Crippen LogP contribution is 2.14. The molecule has 1 aromatic carbocycles. The number of rotatable bonds is 9. The van der Waals surface area contributed by atoms with E-state index in [1.54, 1.807) is 23.7 Å². The number of aliphatic hydroxyl groups excluding tert-OH is 1. The summed E-state index contributed by atoms with van der Waals surface area (Å²) < 4.78 is 0. The van der Waals surface area contributed by atoms with E-state index in [2.05, 4.69) is 25.8 Å². The van der Waals surface area contributed by atoms with Gasteiger partial charge in [0.15, 0.2) is 5.13 Å². The third-order valence-electron chi connectivity index (χ3n) is 4.01. The van der Waals surface area contributed by atoms with Crippen molar-refractivity contribution in [2.45, 2.75) is 18.9 Å². The summed E-state index contributed by atoms with van der Waals surface area (Å²) in [5, 5.41) is 26.0. The molecule has 0 saturated heterocycles. The standard InChI is InChI=1S/C19H22N6O2S/c20-19-24-15(12-28-19)10-18(27)23-14-5-3-13(4-6-14)7-9-21-11-17(26)16-2-1-8-22-25-16/h1-6,8,12,17,21,26H,7,9-11H2,(H2,20,24)(H,23,27)/t17-/m0/s1. The van der Waals surface area contributed by atoms with Crippen molar-refractivity contribution >= 4 is 28.1 Å². The van der Waals surface area contributed by atoms with Crippen LogP contribution in [0.4, 0.5) is 10.8 Å². The highest BCUT2D eigenvalue weighted by Gasteiger charge is 2.09. The third-order valence-corrected chi connectivity index (χ3v) is 4.73. The fourth-order valence-electron chi connectivity index (χ4n) is 2.60. The van der Waals surface area contributed by atoms with E-state index < -0.39 is 6.10 Å². The molecule has 3 rings (SSSR count). The average Bonchev–Trinajstić information content (AvgIpc) is 3.11. The van der Waals surface area contributed by atoms with E-state index in [-0.39, 0.29) is 12.3 Å². The van der Waals surface area contributed by atoms with Crippen molar-refractivity contribution < 1.29 is 9.90 Å². The lowest BCUT2D eigenvalue weighted by Crippen LogP contribution is -2.24. The molecule has 0 spiro atoms. The van der Waals surface area contributed by atoms with E-state index in [4.69, 9.17) is 5.73 Å². The van der Waals surface area contributed by atoms with Gasteiger partial charge in [0, 0.05) is 23.8 Å². The van der Waals surface area contributed by atoms with Gasteiger partial charge in [0.2, 0.25) is 5.91 Å². The zero-order valence-corrected chi connectivity index (χ0v) is 16.0. The Morgan fingerprint density at radius 2 is 2.07 bits per heavy atom. The summed E-state index contributed by atoms with van der Waals surface area (Å²) in [6.07, 6.45) is 1.90. The van der Waals surface area contributed by atoms with Crippen LogP contribution in [0.25, 0.3) is 0 Å². The van der Waals surface area contributed by atoms with Crippen LogP contribution in [-0.4, -0.2) is 39.3 Å². The van der Waals surface area contributed by atoms with Crippen LogP contribution in [0.15, 0.2) is 48.0 Å². The number of anilines is 2. The number of aliphatic hydroxyl groups is 1. The maximum Gasteiger partial charge on any atom is 0.230 e. The SMILES string of the molecule is Nc1nc(CC(=O)Nc2ccc(CCNC[C@H](O)c3cccnn3)cc2)cs1. The van der Waals surface area contributed by atoms with Crippen LogP contribution in [0, 0.1) is 0 Å². The Morgan fingerprint density at radius 3 is 2.75 bits per heavy atom. The van der Waals surface area contributed by atoms with Crippen LogP contribution in [0.3, 0.4) is 0 Å². The van der Waals surface area contributed by atoms with E-state index in [1.165, 1.54) is 11.3 Å². The van der Waals surface area contributed by atoms with Gasteiger partial charge in [0.25, 0.3) is 0 Å².